The van der Waals surface area contributed by atoms with E-state index in [1.165, 1.54) is 0 Å². The van der Waals surface area contributed by atoms with E-state index >= 15 is 0 Å². The summed E-state index contributed by atoms with van der Waals surface area (Å²) in [7, 11) is 0. The molecule has 0 saturated heterocycles. The quantitative estimate of drug-likeness (QED) is 0.943. The summed E-state index contributed by atoms with van der Waals surface area (Å²) in [5.41, 5.74) is 2.62. The van der Waals surface area contributed by atoms with Gasteiger partial charge >= 0.3 is 0 Å². The van der Waals surface area contributed by atoms with Gasteiger partial charge in [-0.05, 0) is 38.1 Å². The summed E-state index contributed by atoms with van der Waals surface area (Å²) in [6.07, 6.45) is 0.149. The molecule has 20 heavy (non-hydrogen) atoms. The normalized spacial score (nSPS) is 13.6. The van der Waals surface area contributed by atoms with Crippen molar-refractivity contribution < 1.29 is 4.74 Å². The highest BCUT2D eigenvalue weighted by Crippen LogP contribution is 2.27. The molecule has 1 aliphatic rings. The maximum atomic E-state index is 12.0. The Morgan fingerprint density at radius 3 is 2.70 bits per heavy atom. The van der Waals surface area contributed by atoms with Crippen molar-refractivity contribution in [3.63, 3.8) is 0 Å². The monoisotopic (exact) mass is 288 g/mol. The average Bonchev–Trinajstić information content (AvgIpc) is 2.87. The standard InChI is InChI=1S/C15H16N2O2S/c1-9(2)19-11-5-3-10(4-6-11)14-16-13-8-20-7-12(13)15(18)17-14/h3-6,9H,7-8H2,1-2H3,(H,16,17,18). The number of nitrogens with zero attached hydrogens (tertiary/aromatic N) is 1. The number of aromatic amines is 1. The highest BCUT2D eigenvalue weighted by Gasteiger charge is 2.18. The molecule has 1 aliphatic heterocycles. The number of ether oxygens (including phenoxy) is 1. The van der Waals surface area contributed by atoms with Crippen LogP contribution in [0.25, 0.3) is 11.4 Å². The number of hydrogen-bond donors (Lipinski definition) is 1. The number of rotatable bonds is 3. The molecular weight excluding hydrogens is 272 g/mol. The first-order valence-electron chi connectivity index (χ1n) is 6.60. The Morgan fingerprint density at radius 1 is 1.25 bits per heavy atom. The zero-order valence-corrected chi connectivity index (χ0v) is 12.3. The zero-order chi connectivity index (χ0) is 14.1. The molecular formula is C15H16N2O2S. The van der Waals surface area contributed by atoms with Gasteiger partial charge in [0.25, 0.3) is 5.56 Å². The summed E-state index contributed by atoms with van der Waals surface area (Å²) in [4.78, 5) is 19.4. The number of benzene rings is 1. The van der Waals surface area contributed by atoms with E-state index in [1.54, 1.807) is 11.8 Å². The minimum atomic E-state index is -0.0162. The van der Waals surface area contributed by atoms with Gasteiger partial charge in [0.05, 0.1) is 11.8 Å². The maximum Gasteiger partial charge on any atom is 0.255 e. The highest BCUT2D eigenvalue weighted by molar-refractivity contribution is 7.98. The Labute approximate surface area is 121 Å². The molecule has 104 valence electrons. The van der Waals surface area contributed by atoms with Gasteiger partial charge in [0.2, 0.25) is 0 Å². The molecule has 1 aromatic heterocycles. The van der Waals surface area contributed by atoms with E-state index in [2.05, 4.69) is 9.97 Å². The lowest BCUT2D eigenvalue weighted by Gasteiger charge is -2.10. The van der Waals surface area contributed by atoms with Crippen molar-refractivity contribution in [3.05, 3.63) is 45.9 Å². The smallest absolute Gasteiger partial charge is 0.255 e. The van der Waals surface area contributed by atoms with Crippen molar-refractivity contribution in [3.8, 4) is 17.1 Å². The summed E-state index contributed by atoms with van der Waals surface area (Å²) in [5, 5.41) is 0. The number of fused-ring (bicyclic) bond motifs is 1. The van der Waals surface area contributed by atoms with Gasteiger partial charge in [0, 0.05) is 22.6 Å². The second-order valence-corrected chi connectivity index (χ2v) is 6.01. The lowest BCUT2D eigenvalue weighted by atomic mass is 10.2. The van der Waals surface area contributed by atoms with Crippen molar-refractivity contribution in [2.75, 3.05) is 0 Å². The molecule has 1 aromatic carbocycles. The molecule has 0 bridgehead atoms. The molecule has 2 aromatic rings. The summed E-state index contributed by atoms with van der Waals surface area (Å²) in [6, 6.07) is 7.64. The van der Waals surface area contributed by atoms with Crippen LogP contribution in [0.2, 0.25) is 0 Å². The summed E-state index contributed by atoms with van der Waals surface area (Å²) in [5.74, 6) is 3.04. The largest absolute Gasteiger partial charge is 0.491 e. The van der Waals surface area contributed by atoms with Crippen LogP contribution in [0.5, 0.6) is 5.75 Å². The Bertz CT molecular complexity index is 677. The summed E-state index contributed by atoms with van der Waals surface area (Å²) >= 11 is 1.73. The predicted molar refractivity (Wildman–Crippen MR) is 81.1 cm³/mol. The molecule has 0 radical (unpaired) electrons. The second-order valence-electron chi connectivity index (χ2n) is 5.02. The molecule has 0 fully saturated rings. The molecule has 2 heterocycles. The number of aromatic nitrogens is 2. The van der Waals surface area contributed by atoms with Crippen molar-refractivity contribution in [2.24, 2.45) is 0 Å². The van der Waals surface area contributed by atoms with Crippen LogP contribution in [0.15, 0.2) is 29.1 Å². The van der Waals surface area contributed by atoms with E-state index in [0.29, 0.717) is 5.82 Å². The fourth-order valence-corrected chi connectivity index (χ4v) is 3.20. The highest BCUT2D eigenvalue weighted by atomic mass is 32.2. The third-order valence-electron chi connectivity index (χ3n) is 3.09. The Balaban J connectivity index is 1.93. The molecule has 1 N–H and O–H groups in total. The van der Waals surface area contributed by atoms with E-state index in [-0.39, 0.29) is 11.7 Å². The molecule has 5 heteroatoms. The number of H-pyrrole nitrogens is 1. The predicted octanol–water partition coefficient (Wildman–Crippen LogP) is 2.97. The van der Waals surface area contributed by atoms with Gasteiger partial charge in [-0.3, -0.25) is 4.79 Å². The molecule has 0 saturated carbocycles. The van der Waals surface area contributed by atoms with Crippen LogP contribution in [0, 0.1) is 0 Å². The fourth-order valence-electron chi connectivity index (χ4n) is 2.16. The van der Waals surface area contributed by atoms with Gasteiger partial charge in [-0.15, -0.1) is 0 Å². The van der Waals surface area contributed by atoms with Crippen LogP contribution < -0.4 is 10.3 Å². The summed E-state index contributed by atoms with van der Waals surface area (Å²) in [6.45, 7) is 3.98. The van der Waals surface area contributed by atoms with Crippen molar-refractivity contribution >= 4 is 11.8 Å². The fraction of sp³-hybridized carbons (Fsp3) is 0.333. The van der Waals surface area contributed by atoms with Gasteiger partial charge in [0.15, 0.2) is 0 Å². The first-order valence-corrected chi connectivity index (χ1v) is 7.76. The Kier molecular flexibility index (Phi) is 3.53. The van der Waals surface area contributed by atoms with Crippen molar-refractivity contribution in [1.29, 1.82) is 0 Å². The van der Waals surface area contributed by atoms with E-state index in [1.807, 2.05) is 38.1 Å². The van der Waals surface area contributed by atoms with Crippen molar-refractivity contribution in [1.82, 2.24) is 9.97 Å². The molecule has 0 amide bonds. The van der Waals surface area contributed by atoms with Crippen LogP contribution in [0.3, 0.4) is 0 Å². The Morgan fingerprint density at radius 2 is 2.00 bits per heavy atom. The maximum absolute atomic E-state index is 12.0. The van der Waals surface area contributed by atoms with Crippen molar-refractivity contribution in [2.45, 2.75) is 31.5 Å². The molecule has 4 nitrogen and oxygen atoms in total. The first kappa shape index (κ1) is 13.2. The second kappa shape index (κ2) is 5.32. The van der Waals surface area contributed by atoms with Gasteiger partial charge < -0.3 is 9.72 Å². The minimum Gasteiger partial charge on any atom is -0.491 e. The van der Waals surface area contributed by atoms with E-state index in [0.717, 1.165) is 34.1 Å². The van der Waals surface area contributed by atoms with Crippen LogP contribution in [-0.2, 0) is 11.5 Å². The minimum absolute atomic E-state index is 0.0162. The van der Waals surface area contributed by atoms with Crippen LogP contribution in [0.4, 0.5) is 0 Å². The van der Waals surface area contributed by atoms with Gasteiger partial charge in [-0.2, -0.15) is 11.8 Å². The lowest BCUT2D eigenvalue weighted by molar-refractivity contribution is 0.242. The van der Waals surface area contributed by atoms with E-state index in [4.69, 9.17) is 4.74 Å². The number of hydrogen-bond acceptors (Lipinski definition) is 4. The number of nitrogens with one attached hydrogen (secondary N) is 1. The van der Waals surface area contributed by atoms with Crippen LogP contribution >= 0.6 is 11.8 Å². The van der Waals surface area contributed by atoms with Crippen LogP contribution in [0.1, 0.15) is 25.1 Å². The SMILES string of the molecule is CC(C)Oc1ccc(-c2nc3c(c(=O)[nH]2)CSC3)cc1. The lowest BCUT2D eigenvalue weighted by Crippen LogP contribution is -2.15. The molecule has 0 unspecified atom stereocenters. The third-order valence-corrected chi connectivity index (χ3v) is 4.06. The van der Waals surface area contributed by atoms with Gasteiger partial charge in [-0.25, -0.2) is 4.98 Å². The van der Waals surface area contributed by atoms with E-state index < -0.39 is 0 Å². The van der Waals surface area contributed by atoms with Crippen LogP contribution in [-0.4, -0.2) is 16.1 Å². The molecule has 0 atom stereocenters. The average molecular weight is 288 g/mol. The van der Waals surface area contributed by atoms with Gasteiger partial charge in [0.1, 0.15) is 11.6 Å². The van der Waals surface area contributed by atoms with Gasteiger partial charge in [-0.1, -0.05) is 0 Å². The first-order chi connectivity index (χ1) is 9.63. The zero-order valence-electron chi connectivity index (χ0n) is 11.5. The number of thioether (sulfide) groups is 1. The molecule has 3 rings (SSSR count). The third kappa shape index (κ3) is 2.58. The topological polar surface area (TPSA) is 55.0 Å². The molecule has 0 spiro atoms. The molecule has 0 aliphatic carbocycles. The Hall–Kier alpha value is -1.75. The van der Waals surface area contributed by atoms with E-state index in [9.17, 15) is 4.79 Å². The summed E-state index contributed by atoms with van der Waals surface area (Å²) < 4.78 is 5.61.